The number of carbonyl (C=O) groups excluding carboxylic acids is 2. The number of carbonyl (C=O) groups is 3. The number of ketones is 1. The molecule has 0 unspecified atom stereocenters. The number of aromatic nitrogens is 1. The highest BCUT2D eigenvalue weighted by Gasteiger charge is 2.32. The van der Waals surface area contributed by atoms with Crippen molar-refractivity contribution in [1.29, 1.82) is 0 Å². The Morgan fingerprint density at radius 3 is 2.49 bits per heavy atom. The van der Waals surface area contributed by atoms with Crippen LogP contribution in [-0.4, -0.2) is 41.1 Å². The Morgan fingerprint density at radius 2 is 1.83 bits per heavy atom. The van der Waals surface area contributed by atoms with E-state index in [0.717, 1.165) is 53.4 Å². The predicted octanol–water partition coefficient (Wildman–Crippen LogP) is 7.17. The lowest BCUT2D eigenvalue weighted by molar-refractivity contribution is -0.139. The van der Waals surface area contributed by atoms with Gasteiger partial charge in [0.05, 0.1) is 31.5 Å². The van der Waals surface area contributed by atoms with E-state index in [1.165, 1.54) is 12.0 Å². The van der Waals surface area contributed by atoms with Crippen molar-refractivity contribution in [3.8, 4) is 17.0 Å². The van der Waals surface area contributed by atoms with Gasteiger partial charge in [0.15, 0.2) is 5.78 Å². The third kappa shape index (κ3) is 5.45. The van der Waals surface area contributed by atoms with E-state index in [4.69, 9.17) is 9.47 Å². The number of fused-ring (bicyclic) bond motifs is 5. The molecule has 1 fully saturated rings. The van der Waals surface area contributed by atoms with E-state index < -0.39 is 17.7 Å². The number of aromatic carboxylic acids is 1. The Bertz CT molecular complexity index is 1580. The van der Waals surface area contributed by atoms with Gasteiger partial charge in [0.1, 0.15) is 11.3 Å². The van der Waals surface area contributed by atoms with Gasteiger partial charge < -0.3 is 19.1 Å². The summed E-state index contributed by atoms with van der Waals surface area (Å²) < 4.78 is 12.9. The van der Waals surface area contributed by atoms with Crippen molar-refractivity contribution < 1.29 is 29.0 Å². The molecule has 0 atom stereocenters. The van der Waals surface area contributed by atoms with Crippen LogP contribution in [0.1, 0.15) is 80.3 Å². The van der Waals surface area contributed by atoms with Gasteiger partial charge in [-0.3, -0.25) is 4.79 Å². The summed E-state index contributed by atoms with van der Waals surface area (Å²) in [6, 6.07) is 11.1. The SMILES string of the molecule is CCOC(=O)C(=CC(C)C)C(=O)C1=Cc2cc(OC)ccc2-c2c(C3CCCCC3)c3ccc(C(=O)O)cc3n2C1. The molecular weight excluding hydrogens is 518 g/mol. The highest BCUT2D eigenvalue weighted by Crippen LogP contribution is 2.47. The van der Waals surface area contributed by atoms with Crippen molar-refractivity contribution in [2.75, 3.05) is 13.7 Å². The minimum Gasteiger partial charge on any atom is -0.497 e. The maximum absolute atomic E-state index is 14.1. The minimum atomic E-state index is -1.00. The van der Waals surface area contributed by atoms with Crippen LogP contribution in [0.25, 0.3) is 28.2 Å². The monoisotopic (exact) mass is 555 g/mol. The molecule has 1 aromatic heterocycles. The average Bonchev–Trinajstić information content (AvgIpc) is 3.18. The Hall–Kier alpha value is -4.13. The van der Waals surface area contributed by atoms with Crippen LogP contribution in [0.2, 0.25) is 0 Å². The molecule has 214 valence electrons. The first-order valence-electron chi connectivity index (χ1n) is 14.5. The Labute approximate surface area is 240 Å². The summed E-state index contributed by atoms with van der Waals surface area (Å²) in [6.07, 6.45) is 9.11. The van der Waals surface area contributed by atoms with E-state index in [2.05, 4.69) is 4.57 Å². The molecule has 1 aliphatic heterocycles. The second-order valence-electron chi connectivity index (χ2n) is 11.2. The Kier molecular flexibility index (Phi) is 8.15. The van der Waals surface area contributed by atoms with Crippen LogP contribution in [0.15, 0.2) is 53.6 Å². The molecule has 7 nitrogen and oxygen atoms in total. The molecule has 1 aliphatic carbocycles. The van der Waals surface area contributed by atoms with E-state index in [9.17, 15) is 19.5 Å². The van der Waals surface area contributed by atoms with Gasteiger partial charge in [-0.2, -0.15) is 0 Å². The number of hydrogen-bond acceptors (Lipinski definition) is 5. The number of nitrogens with zero attached hydrogens (tertiary/aromatic N) is 1. The average molecular weight is 556 g/mol. The molecule has 2 heterocycles. The van der Waals surface area contributed by atoms with E-state index in [0.29, 0.717) is 17.2 Å². The zero-order valence-corrected chi connectivity index (χ0v) is 24.2. The quantitative estimate of drug-likeness (QED) is 0.137. The van der Waals surface area contributed by atoms with Crippen LogP contribution in [0.3, 0.4) is 0 Å². The van der Waals surface area contributed by atoms with Crippen LogP contribution < -0.4 is 4.74 Å². The number of methoxy groups -OCH3 is 1. The molecule has 5 rings (SSSR count). The van der Waals surface area contributed by atoms with Crippen molar-refractivity contribution in [3.63, 3.8) is 0 Å². The van der Waals surface area contributed by atoms with Gasteiger partial charge in [0.25, 0.3) is 0 Å². The first-order chi connectivity index (χ1) is 19.7. The van der Waals surface area contributed by atoms with Gasteiger partial charge in [-0.1, -0.05) is 45.3 Å². The van der Waals surface area contributed by atoms with Gasteiger partial charge >= 0.3 is 11.9 Å². The second kappa shape index (κ2) is 11.8. The zero-order valence-electron chi connectivity index (χ0n) is 24.2. The third-order valence-electron chi connectivity index (χ3n) is 8.07. The van der Waals surface area contributed by atoms with Crippen LogP contribution in [0, 0.1) is 5.92 Å². The first-order valence-corrected chi connectivity index (χ1v) is 14.5. The molecule has 0 radical (unpaired) electrons. The molecule has 0 bridgehead atoms. The van der Waals surface area contributed by atoms with Crippen LogP contribution in [0.5, 0.6) is 5.75 Å². The number of rotatable bonds is 8. The number of Topliss-reactive ketones (excluding diaryl/α,β-unsaturated/α-hetero) is 1. The molecule has 2 aliphatic rings. The van der Waals surface area contributed by atoms with Gasteiger partial charge in [-0.15, -0.1) is 0 Å². The molecule has 1 saturated carbocycles. The van der Waals surface area contributed by atoms with Gasteiger partial charge in [0.2, 0.25) is 0 Å². The van der Waals surface area contributed by atoms with E-state index in [-0.39, 0.29) is 30.2 Å². The van der Waals surface area contributed by atoms with Crippen molar-refractivity contribution in [3.05, 3.63) is 70.3 Å². The number of carboxylic acid groups (broad SMARTS) is 1. The molecule has 0 amide bonds. The lowest BCUT2D eigenvalue weighted by Gasteiger charge is -2.24. The molecular formula is C34H37NO6. The van der Waals surface area contributed by atoms with Gasteiger partial charge in [0, 0.05) is 22.0 Å². The number of carboxylic acids is 1. The normalized spacial score (nSPS) is 15.6. The van der Waals surface area contributed by atoms with Crippen LogP contribution in [0.4, 0.5) is 0 Å². The molecule has 3 aromatic rings. The number of allylic oxidation sites excluding steroid dienone is 2. The second-order valence-corrected chi connectivity index (χ2v) is 11.2. The topological polar surface area (TPSA) is 94.8 Å². The maximum atomic E-state index is 14.1. The van der Waals surface area contributed by atoms with Crippen molar-refractivity contribution in [2.45, 2.75) is 65.3 Å². The fraction of sp³-hybridized carbons (Fsp3) is 0.382. The Balaban J connectivity index is 1.80. The summed E-state index contributed by atoms with van der Waals surface area (Å²) in [5.41, 5.74) is 5.36. The van der Waals surface area contributed by atoms with Crippen LogP contribution in [-0.2, 0) is 20.9 Å². The first kappa shape index (κ1) is 28.4. The van der Waals surface area contributed by atoms with Crippen LogP contribution >= 0.6 is 0 Å². The summed E-state index contributed by atoms with van der Waals surface area (Å²) in [5.74, 6) is -1.11. The zero-order chi connectivity index (χ0) is 29.3. The van der Waals surface area contributed by atoms with Crippen molar-refractivity contribution >= 4 is 34.7 Å². The number of esters is 1. The molecule has 0 spiro atoms. The fourth-order valence-corrected chi connectivity index (χ4v) is 6.26. The largest absolute Gasteiger partial charge is 0.497 e. The van der Waals surface area contributed by atoms with E-state index in [1.807, 2.05) is 44.2 Å². The predicted molar refractivity (Wildman–Crippen MR) is 159 cm³/mol. The molecule has 0 saturated heterocycles. The highest BCUT2D eigenvalue weighted by atomic mass is 16.5. The summed E-state index contributed by atoms with van der Waals surface area (Å²) in [6.45, 7) is 5.89. The lowest BCUT2D eigenvalue weighted by Crippen LogP contribution is -2.20. The van der Waals surface area contributed by atoms with Gasteiger partial charge in [-0.05, 0) is 79.1 Å². The van der Waals surface area contributed by atoms with E-state index >= 15 is 0 Å². The van der Waals surface area contributed by atoms with Crippen molar-refractivity contribution in [1.82, 2.24) is 4.57 Å². The molecule has 7 heteroatoms. The Morgan fingerprint density at radius 1 is 1.07 bits per heavy atom. The maximum Gasteiger partial charge on any atom is 0.341 e. The molecule has 41 heavy (non-hydrogen) atoms. The smallest absolute Gasteiger partial charge is 0.341 e. The molecule has 2 aromatic carbocycles. The highest BCUT2D eigenvalue weighted by molar-refractivity contribution is 6.25. The summed E-state index contributed by atoms with van der Waals surface area (Å²) in [7, 11) is 1.61. The standard InChI is InChI=1S/C34H37NO6/c1-5-41-34(39)28(15-20(2)3)32(36)24-16-23-17-25(40-4)12-14-26(23)31-30(21-9-7-6-8-10-21)27-13-11-22(33(37)38)18-29(27)35(31)19-24/h11-18,20-21H,5-10,19H2,1-4H3,(H,37,38). The fourth-order valence-electron chi connectivity index (χ4n) is 6.26. The summed E-state index contributed by atoms with van der Waals surface area (Å²) >= 11 is 0. The minimum absolute atomic E-state index is 0.0104. The number of ether oxygens (including phenoxy) is 2. The lowest BCUT2D eigenvalue weighted by atomic mass is 9.81. The van der Waals surface area contributed by atoms with Crippen molar-refractivity contribution in [2.24, 2.45) is 5.92 Å². The molecule has 1 N–H and O–H groups in total. The number of hydrogen-bond donors (Lipinski definition) is 1. The summed E-state index contributed by atoms with van der Waals surface area (Å²) in [4.78, 5) is 39.1. The number of benzene rings is 2. The van der Waals surface area contributed by atoms with E-state index in [1.54, 1.807) is 32.2 Å². The third-order valence-corrected chi connectivity index (χ3v) is 8.07. The summed E-state index contributed by atoms with van der Waals surface area (Å²) in [5, 5.41) is 10.8. The van der Waals surface area contributed by atoms with Gasteiger partial charge in [-0.25, -0.2) is 9.59 Å².